The molecule has 0 aliphatic rings. The van der Waals surface area contributed by atoms with E-state index in [-0.39, 0.29) is 0 Å². The average molecular weight is 685 g/mol. The number of carbonyl (C=O) groups is 1. The second-order valence-corrected chi connectivity index (χ2v) is 14.0. The number of thioether (sulfide) groups is 4. The van der Waals surface area contributed by atoms with Gasteiger partial charge in [0.25, 0.3) is 0 Å². The molecule has 6 nitrogen and oxygen atoms in total. The molecule has 0 unspecified atom stereocenters. The molecule has 4 aromatic rings. The number of anilines is 1. The Balaban J connectivity index is 0.000000300. The van der Waals surface area contributed by atoms with Crippen LogP contribution in [0.25, 0.3) is 0 Å². The van der Waals surface area contributed by atoms with Gasteiger partial charge < -0.3 is 19.9 Å². The van der Waals surface area contributed by atoms with Crippen molar-refractivity contribution in [1.29, 1.82) is 0 Å². The molecular weight excluding hydrogens is 641 g/mol. The van der Waals surface area contributed by atoms with Crippen molar-refractivity contribution >= 4 is 58.8 Å². The smallest absolute Gasteiger partial charge is 0.411 e. The molecule has 4 aromatic carbocycles. The third-order valence-electron chi connectivity index (χ3n) is 5.59. The largest absolute Gasteiger partial charge is 0.457 e. The number of nitrogens with one attached hydrogen (secondary N) is 1. The summed E-state index contributed by atoms with van der Waals surface area (Å²) in [6.07, 6.45) is -0.493. The van der Waals surface area contributed by atoms with Crippen molar-refractivity contribution in [3.63, 3.8) is 0 Å². The molecule has 0 spiro atoms. The maximum absolute atomic E-state index is 11.1. The summed E-state index contributed by atoms with van der Waals surface area (Å²) < 4.78 is 16.1. The molecule has 0 aliphatic carbocycles. The summed E-state index contributed by atoms with van der Waals surface area (Å²) in [7, 11) is 1.33. The molecule has 45 heavy (non-hydrogen) atoms. The predicted molar refractivity (Wildman–Crippen MR) is 199 cm³/mol. The van der Waals surface area contributed by atoms with Crippen LogP contribution >= 0.6 is 47.0 Å². The summed E-state index contributed by atoms with van der Waals surface area (Å²) in [4.78, 5) is 13.6. The Labute approximate surface area is 286 Å². The van der Waals surface area contributed by atoms with Crippen LogP contribution in [0.4, 0.5) is 10.5 Å². The number of ether oxygens (including phenoxy) is 3. The Morgan fingerprint density at radius 3 is 1.38 bits per heavy atom. The van der Waals surface area contributed by atoms with Gasteiger partial charge in [0.2, 0.25) is 0 Å². The van der Waals surface area contributed by atoms with Crippen molar-refractivity contribution in [2.24, 2.45) is 5.73 Å². The van der Waals surface area contributed by atoms with Crippen molar-refractivity contribution in [2.45, 2.75) is 44.0 Å². The molecule has 0 heterocycles. The Morgan fingerprint density at radius 2 is 1.02 bits per heavy atom. The molecule has 0 bridgehead atoms. The van der Waals surface area contributed by atoms with Gasteiger partial charge in [-0.2, -0.15) is 23.5 Å². The standard InChI is InChI=1S/C17H19NO3S2.C16H19NOS2.C2H6/c1-3-22-12-23-16-10-8-15(9-11-16)21-14-6-4-13(5-7-14)18-17(19)20-2;1-2-19-12-20-16-9-7-15(8-10-16)18-14-5-3-13(11-17)4-6-14;1-2/h4-11H,3,12H2,1-2H3,(H,18,19);3-10H,2,11-12,17H2,1H3;1-2H3. The highest BCUT2D eigenvalue weighted by Gasteiger charge is 2.03. The Morgan fingerprint density at radius 1 is 0.644 bits per heavy atom. The highest BCUT2D eigenvalue weighted by molar-refractivity contribution is 8.16. The highest BCUT2D eigenvalue weighted by atomic mass is 32.2. The number of carbonyl (C=O) groups excluding carboxylic acids is 1. The molecule has 3 N–H and O–H groups in total. The lowest BCUT2D eigenvalue weighted by atomic mass is 10.2. The molecule has 0 saturated heterocycles. The van der Waals surface area contributed by atoms with Gasteiger partial charge in [-0.05, 0) is 102 Å². The second-order valence-electron chi connectivity index (χ2n) is 8.65. The lowest BCUT2D eigenvalue weighted by Crippen LogP contribution is -2.10. The van der Waals surface area contributed by atoms with E-state index in [1.165, 1.54) is 16.9 Å². The zero-order valence-corrected chi connectivity index (χ0v) is 29.9. The molecular formula is C35H44N2O4S4. The first-order valence-corrected chi connectivity index (χ1v) is 19.0. The van der Waals surface area contributed by atoms with Crippen molar-refractivity contribution in [3.8, 4) is 23.0 Å². The number of methoxy groups -OCH3 is 1. The third kappa shape index (κ3) is 15.8. The van der Waals surface area contributed by atoms with E-state index in [2.05, 4.69) is 48.2 Å². The molecule has 0 aromatic heterocycles. The third-order valence-corrected chi connectivity index (χ3v) is 9.89. The van der Waals surface area contributed by atoms with E-state index in [0.29, 0.717) is 18.0 Å². The van der Waals surface area contributed by atoms with Crippen molar-refractivity contribution < 1.29 is 19.0 Å². The van der Waals surface area contributed by atoms with Gasteiger partial charge in [0.15, 0.2) is 0 Å². The number of hydrogen-bond donors (Lipinski definition) is 2. The lowest BCUT2D eigenvalue weighted by Gasteiger charge is -2.08. The van der Waals surface area contributed by atoms with E-state index in [1.807, 2.05) is 109 Å². The van der Waals surface area contributed by atoms with Gasteiger partial charge in [0, 0.05) is 32.2 Å². The summed E-state index contributed by atoms with van der Waals surface area (Å²) in [6, 6.07) is 31.2. The van der Waals surface area contributed by atoms with Crippen LogP contribution in [0, 0.1) is 0 Å². The molecule has 0 fully saturated rings. The van der Waals surface area contributed by atoms with Crippen molar-refractivity contribution in [3.05, 3.63) is 103 Å². The van der Waals surface area contributed by atoms with Gasteiger partial charge in [-0.3, -0.25) is 5.32 Å². The maximum Gasteiger partial charge on any atom is 0.411 e. The van der Waals surface area contributed by atoms with Gasteiger partial charge in [0.05, 0.1) is 7.11 Å². The van der Waals surface area contributed by atoms with Gasteiger partial charge in [-0.25, -0.2) is 4.79 Å². The quantitative estimate of drug-likeness (QED) is 0.0766. The van der Waals surface area contributed by atoms with E-state index in [9.17, 15) is 4.79 Å². The summed E-state index contributed by atoms with van der Waals surface area (Å²) in [5, 5.41) is 4.75. The summed E-state index contributed by atoms with van der Waals surface area (Å²) in [6.45, 7) is 8.90. The molecule has 0 radical (unpaired) electrons. The van der Waals surface area contributed by atoms with Crippen LogP contribution in [0.2, 0.25) is 0 Å². The number of benzene rings is 4. The normalized spacial score (nSPS) is 10.0. The average Bonchev–Trinajstić information content (AvgIpc) is 3.09. The number of hydrogen-bond acceptors (Lipinski definition) is 9. The molecule has 0 aliphatic heterocycles. The molecule has 1 amide bonds. The van der Waals surface area contributed by atoms with Gasteiger partial charge in [-0.1, -0.05) is 39.8 Å². The van der Waals surface area contributed by atoms with Crippen LogP contribution in [0.5, 0.6) is 23.0 Å². The number of nitrogens with two attached hydrogens (primary N) is 1. The zero-order valence-electron chi connectivity index (χ0n) is 26.6. The monoisotopic (exact) mass is 684 g/mol. The minimum atomic E-state index is -0.493. The first-order chi connectivity index (χ1) is 22.0. The van der Waals surface area contributed by atoms with E-state index >= 15 is 0 Å². The van der Waals surface area contributed by atoms with E-state index < -0.39 is 6.09 Å². The molecule has 242 valence electrons. The lowest BCUT2D eigenvalue weighted by molar-refractivity contribution is 0.187. The first-order valence-electron chi connectivity index (χ1n) is 14.7. The summed E-state index contributed by atoms with van der Waals surface area (Å²) in [5.74, 6) is 5.48. The van der Waals surface area contributed by atoms with E-state index in [4.69, 9.17) is 15.2 Å². The van der Waals surface area contributed by atoms with Gasteiger partial charge >= 0.3 is 6.09 Å². The van der Waals surface area contributed by atoms with Crippen LogP contribution in [0.3, 0.4) is 0 Å². The molecule has 10 heteroatoms. The van der Waals surface area contributed by atoms with Crippen LogP contribution in [0.15, 0.2) is 107 Å². The molecule has 0 saturated carbocycles. The SMILES string of the molecule is CC.CCSCSc1ccc(Oc2ccc(CN)cc2)cc1.CCSCSc1ccc(Oc2ccc(NC(=O)OC)cc2)cc1. The zero-order chi connectivity index (χ0) is 32.7. The Kier molecular flexibility index (Phi) is 20.0. The fourth-order valence-electron chi connectivity index (χ4n) is 3.33. The topological polar surface area (TPSA) is 82.8 Å². The number of amides is 1. The van der Waals surface area contributed by atoms with Crippen molar-refractivity contribution in [1.82, 2.24) is 0 Å². The Hall–Kier alpha value is -2.89. The Bertz CT molecular complexity index is 1340. The fraction of sp³-hybridized carbons (Fsp3) is 0.286. The van der Waals surface area contributed by atoms with E-state index in [1.54, 1.807) is 24.3 Å². The summed E-state index contributed by atoms with van der Waals surface area (Å²) in [5.41, 5.74) is 7.34. The molecule has 0 atom stereocenters. The number of rotatable bonds is 14. The van der Waals surface area contributed by atoms with Gasteiger partial charge in [-0.15, -0.1) is 23.5 Å². The minimum absolute atomic E-state index is 0.493. The first kappa shape index (κ1) is 38.3. The fourth-order valence-corrected chi connectivity index (χ4v) is 7.08. The van der Waals surface area contributed by atoms with Crippen LogP contribution in [0.1, 0.15) is 33.3 Å². The maximum atomic E-state index is 11.1. The van der Waals surface area contributed by atoms with Crippen LogP contribution in [-0.2, 0) is 11.3 Å². The van der Waals surface area contributed by atoms with Crippen molar-refractivity contribution in [2.75, 3.05) is 34.1 Å². The molecule has 4 rings (SSSR count). The second kappa shape index (κ2) is 23.4. The predicted octanol–water partition coefficient (Wildman–Crippen LogP) is 11.2. The van der Waals surface area contributed by atoms with E-state index in [0.717, 1.165) is 44.5 Å². The van der Waals surface area contributed by atoms with Gasteiger partial charge in [0.1, 0.15) is 23.0 Å². The minimum Gasteiger partial charge on any atom is -0.457 e. The highest BCUT2D eigenvalue weighted by Crippen LogP contribution is 2.29. The van der Waals surface area contributed by atoms with Crippen LogP contribution in [-0.4, -0.2) is 34.9 Å². The summed E-state index contributed by atoms with van der Waals surface area (Å²) >= 11 is 7.53. The van der Waals surface area contributed by atoms with Crippen LogP contribution < -0.4 is 20.5 Å².